The molecule has 0 saturated heterocycles. The summed E-state index contributed by atoms with van der Waals surface area (Å²) in [6, 6.07) is 10.4. The zero-order chi connectivity index (χ0) is 15.5. The standard InChI is InChI=1S/C16H14N2O4/c19-15(11-5-6-13(16(20)21)17-9-11)18-7-8-22-14-4-2-1-3-12(14)10-18/h1-6,9H,7-8,10H2,(H,20,21). The summed E-state index contributed by atoms with van der Waals surface area (Å²) in [5.41, 5.74) is 1.23. The summed E-state index contributed by atoms with van der Waals surface area (Å²) in [4.78, 5) is 28.8. The van der Waals surface area contributed by atoms with Gasteiger partial charge in [0.15, 0.2) is 0 Å². The number of hydrogen-bond donors (Lipinski definition) is 1. The predicted molar refractivity (Wildman–Crippen MR) is 77.9 cm³/mol. The van der Waals surface area contributed by atoms with E-state index < -0.39 is 5.97 Å². The minimum absolute atomic E-state index is 0.0823. The number of pyridine rings is 1. The summed E-state index contributed by atoms with van der Waals surface area (Å²) in [5.74, 6) is -0.516. The Hall–Kier alpha value is -2.89. The van der Waals surface area contributed by atoms with Gasteiger partial charge < -0.3 is 14.7 Å². The molecular formula is C16H14N2O4. The number of aromatic carboxylic acids is 1. The molecule has 1 aromatic carbocycles. The number of aromatic nitrogens is 1. The van der Waals surface area contributed by atoms with Crippen LogP contribution < -0.4 is 4.74 Å². The molecule has 3 rings (SSSR count). The van der Waals surface area contributed by atoms with E-state index in [4.69, 9.17) is 9.84 Å². The molecule has 0 aliphatic carbocycles. The number of benzene rings is 1. The predicted octanol–water partition coefficient (Wildman–Crippen LogP) is 1.81. The van der Waals surface area contributed by atoms with Crippen LogP contribution in [0.2, 0.25) is 0 Å². The van der Waals surface area contributed by atoms with E-state index in [0.717, 1.165) is 11.3 Å². The fourth-order valence-corrected chi connectivity index (χ4v) is 2.33. The van der Waals surface area contributed by atoms with Gasteiger partial charge in [0.2, 0.25) is 0 Å². The Labute approximate surface area is 127 Å². The lowest BCUT2D eigenvalue weighted by Crippen LogP contribution is -2.32. The highest BCUT2D eigenvalue weighted by molar-refractivity contribution is 5.95. The van der Waals surface area contributed by atoms with Crippen molar-refractivity contribution >= 4 is 11.9 Å². The summed E-state index contributed by atoms with van der Waals surface area (Å²) in [5, 5.41) is 8.84. The lowest BCUT2D eigenvalue weighted by Gasteiger charge is -2.19. The van der Waals surface area contributed by atoms with Gasteiger partial charge in [-0.2, -0.15) is 0 Å². The van der Waals surface area contributed by atoms with Gasteiger partial charge >= 0.3 is 5.97 Å². The summed E-state index contributed by atoms with van der Waals surface area (Å²) >= 11 is 0. The number of hydrogen-bond acceptors (Lipinski definition) is 4. The average Bonchev–Trinajstić information content (AvgIpc) is 2.76. The first-order valence-electron chi connectivity index (χ1n) is 6.84. The molecule has 1 aromatic heterocycles. The van der Waals surface area contributed by atoms with Crippen molar-refractivity contribution in [2.45, 2.75) is 6.54 Å². The van der Waals surface area contributed by atoms with Gasteiger partial charge in [0.1, 0.15) is 18.1 Å². The molecule has 0 radical (unpaired) electrons. The van der Waals surface area contributed by atoms with Crippen molar-refractivity contribution in [1.29, 1.82) is 0 Å². The third-order valence-electron chi connectivity index (χ3n) is 3.47. The van der Waals surface area contributed by atoms with E-state index in [9.17, 15) is 9.59 Å². The van der Waals surface area contributed by atoms with E-state index in [1.165, 1.54) is 18.3 Å². The first-order chi connectivity index (χ1) is 10.6. The third kappa shape index (κ3) is 2.76. The molecule has 0 atom stereocenters. The molecule has 6 nitrogen and oxygen atoms in total. The Balaban J connectivity index is 1.81. The smallest absolute Gasteiger partial charge is 0.354 e. The topological polar surface area (TPSA) is 79.7 Å². The number of amides is 1. The average molecular weight is 298 g/mol. The Morgan fingerprint density at radius 2 is 2.00 bits per heavy atom. The summed E-state index contributed by atoms with van der Waals surface area (Å²) < 4.78 is 5.63. The van der Waals surface area contributed by atoms with Crippen molar-refractivity contribution in [2.24, 2.45) is 0 Å². The number of rotatable bonds is 2. The van der Waals surface area contributed by atoms with Gasteiger partial charge in [-0.1, -0.05) is 18.2 Å². The zero-order valence-electron chi connectivity index (χ0n) is 11.7. The van der Waals surface area contributed by atoms with Gasteiger partial charge in [0.05, 0.1) is 12.1 Å². The molecule has 1 N–H and O–H groups in total. The van der Waals surface area contributed by atoms with E-state index in [1.807, 2.05) is 24.3 Å². The van der Waals surface area contributed by atoms with E-state index in [-0.39, 0.29) is 11.6 Å². The molecule has 112 valence electrons. The number of fused-ring (bicyclic) bond motifs is 1. The van der Waals surface area contributed by atoms with Gasteiger partial charge in [-0.05, 0) is 18.2 Å². The monoisotopic (exact) mass is 298 g/mol. The molecule has 6 heteroatoms. The molecule has 0 unspecified atom stereocenters. The number of carboxylic acid groups (broad SMARTS) is 1. The van der Waals surface area contributed by atoms with Gasteiger partial charge in [0, 0.05) is 18.3 Å². The molecule has 1 aliphatic heterocycles. The van der Waals surface area contributed by atoms with Gasteiger partial charge in [-0.25, -0.2) is 9.78 Å². The highest BCUT2D eigenvalue weighted by Crippen LogP contribution is 2.23. The van der Waals surface area contributed by atoms with Crippen LogP contribution in [0.25, 0.3) is 0 Å². The quantitative estimate of drug-likeness (QED) is 0.914. The van der Waals surface area contributed by atoms with Crippen LogP contribution in [0.5, 0.6) is 5.75 Å². The Bertz CT molecular complexity index is 712. The lowest BCUT2D eigenvalue weighted by molar-refractivity contribution is 0.0686. The molecule has 0 fully saturated rings. The van der Waals surface area contributed by atoms with E-state index in [0.29, 0.717) is 25.3 Å². The first kappa shape index (κ1) is 14.1. The number of carbonyl (C=O) groups excluding carboxylic acids is 1. The fourth-order valence-electron chi connectivity index (χ4n) is 2.33. The van der Waals surface area contributed by atoms with Crippen LogP contribution in [-0.4, -0.2) is 40.0 Å². The molecular weight excluding hydrogens is 284 g/mol. The van der Waals surface area contributed by atoms with E-state index in [2.05, 4.69) is 4.98 Å². The van der Waals surface area contributed by atoms with Gasteiger partial charge in [-0.15, -0.1) is 0 Å². The number of carboxylic acids is 1. The number of nitrogens with zero attached hydrogens (tertiary/aromatic N) is 2. The Kier molecular flexibility index (Phi) is 3.74. The van der Waals surface area contributed by atoms with Crippen LogP contribution in [0.4, 0.5) is 0 Å². The molecule has 1 aliphatic rings. The van der Waals surface area contributed by atoms with Gasteiger partial charge in [0.25, 0.3) is 5.91 Å². The lowest BCUT2D eigenvalue weighted by atomic mass is 10.1. The molecule has 0 bridgehead atoms. The SMILES string of the molecule is O=C(O)c1ccc(C(=O)N2CCOc3ccccc3C2)cn1. The third-order valence-corrected chi connectivity index (χ3v) is 3.47. The Morgan fingerprint density at radius 3 is 2.73 bits per heavy atom. The Morgan fingerprint density at radius 1 is 1.18 bits per heavy atom. The maximum Gasteiger partial charge on any atom is 0.354 e. The van der Waals surface area contributed by atoms with Crippen molar-refractivity contribution in [1.82, 2.24) is 9.88 Å². The number of ether oxygens (including phenoxy) is 1. The molecule has 1 amide bonds. The number of carbonyl (C=O) groups is 2. The van der Waals surface area contributed by atoms with Crippen LogP contribution >= 0.6 is 0 Å². The molecule has 0 saturated carbocycles. The van der Waals surface area contributed by atoms with Crippen molar-refractivity contribution in [3.05, 3.63) is 59.4 Å². The second kappa shape index (κ2) is 5.85. The van der Waals surface area contributed by atoms with Crippen molar-refractivity contribution in [2.75, 3.05) is 13.2 Å². The second-order valence-corrected chi connectivity index (χ2v) is 4.92. The first-order valence-corrected chi connectivity index (χ1v) is 6.84. The summed E-state index contributed by atoms with van der Waals surface area (Å²) in [7, 11) is 0. The van der Waals surface area contributed by atoms with Crippen LogP contribution in [-0.2, 0) is 6.54 Å². The summed E-state index contributed by atoms with van der Waals surface area (Å²) in [6.45, 7) is 1.34. The maximum atomic E-state index is 12.5. The van der Waals surface area contributed by atoms with Crippen LogP contribution in [0.3, 0.4) is 0 Å². The van der Waals surface area contributed by atoms with E-state index in [1.54, 1.807) is 4.90 Å². The van der Waals surface area contributed by atoms with Crippen molar-refractivity contribution in [3.8, 4) is 5.75 Å². The van der Waals surface area contributed by atoms with E-state index >= 15 is 0 Å². The van der Waals surface area contributed by atoms with Crippen molar-refractivity contribution in [3.63, 3.8) is 0 Å². The largest absolute Gasteiger partial charge is 0.491 e. The fraction of sp³-hybridized carbons (Fsp3) is 0.188. The second-order valence-electron chi connectivity index (χ2n) is 4.92. The highest BCUT2D eigenvalue weighted by atomic mass is 16.5. The molecule has 22 heavy (non-hydrogen) atoms. The van der Waals surface area contributed by atoms with Crippen molar-refractivity contribution < 1.29 is 19.4 Å². The normalized spacial score (nSPS) is 13.7. The van der Waals surface area contributed by atoms with Crippen LogP contribution in [0.15, 0.2) is 42.6 Å². The van der Waals surface area contributed by atoms with Crippen LogP contribution in [0.1, 0.15) is 26.4 Å². The molecule has 0 spiro atoms. The van der Waals surface area contributed by atoms with Crippen LogP contribution in [0, 0.1) is 0 Å². The van der Waals surface area contributed by atoms with Gasteiger partial charge in [-0.3, -0.25) is 4.79 Å². The highest BCUT2D eigenvalue weighted by Gasteiger charge is 2.21. The molecule has 2 heterocycles. The summed E-state index contributed by atoms with van der Waals surface area (Å²) in [6.07, 6.45) is 1.30. The zero-order valence-corrected chi connectivity index (χ0v) is 11.7. The maximum absolute atomic E-state index is 12.5. The molecule has 2 aromatic rings. The minimum Gasteiger partial charge on any atom is -0.491 e. The minimum atomic E-state index is -1.11. The number of para-hydroxylation sites is 1.